The van der Waals surface area contributed by atoms with Crippen molar-refractivity contribution in [1.82, 2.24) is 0 Å². The lowest BCUT2D eigenvalue weighted by atomic mass is 10.0. The van der Waals surface area contributed by atoms with Crippen molar-refractivity contribution in [2.75, 3.05) is 5.32 Å². The van der Waals surface area contributed by atoms with E-state index < -0.39 is 6.10 Å². The number of ether oxygens (including phenoxy) is 1. The van der Waals surface area contributed by atoms with Gasteiger partial charge in [-0.3, -0.25) is 4.79 Å². The van der Waals surface area contributed by atoms with Crippen LogP contribution >= 0.6 is 22.6 Å². The Morgan fingerprint density at radius 1 is 1.09 bits per heavy atom. The molecule has 0 spiro atoms. The minimum atomic E-state index is -0.555. The van der Waals surface area contributed by atoms with Crippen LogP contribution in [0.3, 0.4) is 0 Å². The van der Waals surface area contributed by atoms with Gasteiger partial charge in [-0.25, -0.2) is 0 Å². The van der Waals surface area contributed by atoms with Crippen LogP contribution in [0.4, 0.5) is 5.69 Å². The summed E-state index contributed by atoms with van der Waals surface area (Å²) in [5.74, 6) is 0.550. The Balaban J connectivity index is 2.07. The largest absolute Gasteiger partial charge is 0.481 e. The van der Waals surface area contributed by atoms with Gasteiger partial charge in [-0.2, -0.15) is 0 Å². The number of carbonyl (C=O) groups is 1. The van der Waals surface area contributed by atoms with Crippen LogP contribution in [0.1, 0.15) is 23.6 Å². The van der Waals surface area contributed by atoms with Gasteiger partial charge >= 0.3 is 0 Å². The van der Waals surface area contributed by atoms with Crippen LogP contribution < -0.4 is 10.1 Å². The molecule has 0 radical (unpaired) electrons. The van der Waals surface area contributed by atoms with E-state index in [1.807, 2.05) is 45.0 Å². The van der Waals surface area contributed by atoms with Gasteiger partial charge < -0.3 is 10.1 Å². The summed E-state index contributed by atoms with van der Waals surface area (Å²) in [4.78, 5) is 12.3. The number of nitrogens with one attached hydrogen (secondary N) is 1. The highest BCUT2D eigenvalue weighted by molar-refractivity contribution is 14.1. The SMILES string of the molecule is Cc1cc(C)c(NC(=O)C(C)Oc2ccc(I)cc2)c(C)c1. The van der Waals surface area contributed by atoms with Crippen LogP contribution in [0.2, 0.25) is 0 Å². The Labute approximate surface area is 145 Å². The lowest BCUT2D eigenvalue weighted by Crippen LogP contribution is -2.30. The number of halogens is 1. The van der Waals surface area contributed by atoms with E-state index in [4.69, 9.17) is 4.74 Å². The van der Waals surface area contributed by atoms with Crippen LogP contribution in [-0.4, -0.2) is 12.0 Å². The van der Waals surface area contributed by atoms with E-state index in [-0.39, 0.29) is 5.91 Å². The minimum absolute atomic E-state index is 0.145. The highest BCUT2D eigenvalue weighted by Crippen LogP contribution is 2.22. The van der Waals surface area contributed by atoms with E-state index in [0.29, 0.717) is 5.75 Å². The molecule has 1 unspecified atom stereocenters. The molecular formula is C18H20INO2. The lowest BCUT2D eigenvalue weighted by Gasteiger charge is -2.17. The van der Waals surface area contributed by atoms with Gasteiger partial charge in [0, 0.05) is 9.26 Å². The van der Waals surface area contributed by atoms with Crippen molar-refractivity contribution in [3.63, 3.8) is 0 Å². The second-order valence-electron chi connectivity index (χ2n) is 5.48. The third kappa shape index (κ3) is 4.22. The molecule has 1 N–H and O–H groups in total. The Bertz CT molecular complexity index is 657. The summed E-state index contributed by atoms with van der Waals surface area (Å²) < 4.78 is 6.82. The van der Waals surface area contributed by atoms with Gasteiger partial charge in [-0.15, -0.1) is 0 Å². The average molecular weight is 409 g/mol. The van der Waals surface area contributed by atoms with E-state index >= 15 is 0 Å². The molecule has 0 aromatic heterocycles. The molecule has 4 heteroatoms. The predicted molar refractivity (Wildman–Crippen MR) is 98.5 cm³/mol. The van der Waals surface area contributed by atoms with Crippen molar-refractivity contribution in [1.29, 1.82) is 0 Å². The maximum Gasteiger partial charge on any atom is 0.265 e. The maximum absolute atomic E-state index is 12.3. The third-order valence-electron chi connectivity index (χ3n) is 3.42. The molecule has 0 fully saturated rings. The molecule has 0 heterocycles. The van der Waals surface area contributed by atoms with Crippen LogP contribution in [-0.2, 0) is 4.79 Å². The number of hydrogen-bond donors (Lipinski definition) is 1. The van der Waals surface area contributed by atoms with Crippen molar-refractivity contribution in [2.45, 2.75) is 33.8 Å². The first-order valence-electron chi connectivity index (χ1n) is 7.18. The summed E-state index contributed by atoms with van der Waals surface area (Å²) >= 11 is 2.23. The normalized spacial score (nSPS) is 11.9. The van der Waals surface area contributed by atoms with Crippen molar-refractivity contribution in [3.05, 3.63) is 56.7 Å². The molecule has 2 aromatic rings. The van der Waals surface area contributed by atoms with Crippen LogP contribution in [0, 0.1) is 24.3 Å². The summed E-state index contributed by atoms with van der Waals surface area (Å²) in [5.41, 5.74) is 4.18. The number of anilines is 1. The molecule has 0 aliphatic rings. The number of aryl methyl sites for hydroxylation is 3. The molecule has 0 bridgehead atoms. The van der Waals surface area contributed by atoms with Gasteiger partial charge in [-0.1, -0.05) is 17.7 Å². The van der Waals surface area contributed by atoms with Gasteiger partial charge in [0.1, 0.15) is 5.75 Å². The van der Waals surface area contributed by atoms with Crippen LogP contribution in [0.5, 0.6) is 5.75 Å². The molecule has 1 amide bonds. The second-order valence-corrected chi connectivity index (χ2v) is 6.72. The van der Waals surface area contributed by atoms with Gasteiger partial charge in [0.15, 0.2) is 6.10 Å². The molecule has 1 atom stereocenters. The highest BCUT2D eigenvalue weighted by atomic mass is 127. The minimum Gasteiger partial charge on any atom is -0.481 e. The maximum atomic E-state index is 12.3. The standard InChI is InChI=1S/C18H20INO2/c1-11-9-12(2)17(13(3)10-11)20-18(21)14(4)22-16-7-5-15(19)6-8-16/h5-10,14H,1-4H3,(H,20,21). The Kier molecular flexibility index (Phi) is 5.45. The molecule has 116 valence electrons. The lowest BCUT2D eigenvalue weighted by molar-refractivity contribution is -0.122. The topological polar surface area (TPSA) is 38.3 Å². The monoisotopic (exact) mass is 409 g/mol. The molecule has 0 saturated carbocycles. The molecule has 3 nitrogen and oxygen atoms in total. The summed E-state index contributed by atoms with van der Waals surface area (Å²) in [6, 6.07) is 11.8. The van der Waals surface area contributed by atoms with Crippen molar-refractivity contribution in [2.24, 2.45) is 0 Å². The number of amides is 1. The Morgan fingerprint density at radius 3 is 2.18 bits per heavy atom. The highest BCUT2D eigenvalue weighted by Gasteiger charge is 2.16. The second kappa shape index (κ2) is 7.13. The zero-order valence-electron chi connectivity index (χ0n) is 13.2. The fourth-order valence-electron chi connectivity index (χ4n) is 2.37. The molecule has 0 saturated heterocycles. The number of carbonyl (C=O) groups excluding carboxylic acids is 1. The van der Waals surface area contributed by atoms with E-state index in [1.54, 1.807) is 6.92 Å². The molecular weight excluding hydrogens is 389 g/mol. The first kappa shape index (κ1) is 16.8. The van der Waals surface area contributed by atoms with Gasteiger partial charge in [0.2, 0.25) is 0 Å². The van der Waals surface area contributed by atoms with Gasteiger partial charge in [0.05, 0.1) is 0 Å². The fraction of sp³-hybridized carbons (Fsp3) is 0.278. The number of rotatable bonds is 4. The van der Waals surface area contributed by atoms with E-state index in [2.05, 4.69) is 40.0 Å². The summed E-state index contributed by atoms with van der Waals surface area (Å²) in [6.07, 6.45) is -0.555. The molecule has 22 heavy (non-hydrogen) atoms. The number of hydrogen-bond acceptors (Lipinski definition) is 2. The van der Waals surface area contributed by atoms with Crippen molar-refractivity contribution < 1.29 is 9.53 Å². The van der Waals surface area contributed by atoms with Gasteiger partial charge in [-0.05, 0) is 85.7 Å². The Morgan fingerprint density at radius 2 is 1.64 bits per heavy atom. The number of benzene rings is 2. The first-order chi connectivity index (χ1) is 10.4. The van der Waals surface area contributed by atoms with E-state index in [0.717, 1.165) is 20.4 Å². The molecule has 2 aromatic carbocycles. The summed E-state index contributed by atoms with van der Waals surface area (Å²) in [6.45, 7) is 7.81. The van der Waals surface area contributed by atoms with Crippen molar-refractivity contribution >= 4 is 34.2 Å². The van der Waals surface area contributed by atoms with Crippen LogP contribution in [0.15, 0.2) is 36.4 Å². The molecule has 0 aliphatic heterocycles. The predicted octanol–water partition coefficient (Wildman–Crippen LogP) is 4.62. The first-order valence-corrected chi connectivity index (χ1v) is 8.25. The molecule has 2 rings (SSSR count). The van der Waals surface area contributed by atoms with Crippen LogP contribution in [0.25, 0.3) is 0 Å². The van der Waals surface area contributed by atoms with Crippen molar-refractivity contribution in [3.8, 4) is 5.75 Å². The zero-order chi connectivity index (χ0) is 16.3. The van der Waals surface area contributed by atoms with E-state index in [9.17, 15) is 4.79 Å². The Hall–Kier alpha value is -1.56. The zero-order valence-corrected chi connectivity index (χ0v) is 15.4. The van der Waals surface area contributed by atoms with E-state index in [1.165, 1.54) is 5.56 Å². The smallest absolute Gasteiger partial charge is 0.265 e. The average Bonchev–Trinajstić information content (AvgIpc) is 2.45. The summed E-state index contributed by atoms with van der Waals surface area (Å²) in [5, 5.41) is 2.97. The fourth-order valence-corrected chi connectivity index (χ4v) is 2.73. The van der Waals surface area contributed by atoms with Gasteiger partial charge in [0.25, 0.3) is 5.91 Å². The summed E-state index contributed by atoms with van der Waals surface area (Å²) in [7, 11) is 0. The molecule has 0 aliphatic carbocycles. The quantitative estimate of drug-likeness (QED) is 0.749. The third-order valence-corrected chi connectivity index (χ3v) is 4.14.